The van der Waals surface area contributed by atoms with Gasteiger partial charge in [0, 0.05) is 49.5 Å². The molecule has 7 nitrogen and oxygen atoms in total. The van der Waals surface area contributed by atoms with Crippen molar-refractivity contribution < 1.29 is 9.59 Å². The number of carbonyl (C=O) groups is 2. The number of hydrogen-bond donors (Lipinski definition) is 1. The second-order valence-electron chi connectivity index (χ2n) is 7.17. The van der Waals surface area contributed by atoms with Crippen molar-refractivity contribution in [3.05, 3.63) is 42.1 Å². The van der Waals surface area contributed by atoms with E-state index < -0.39 is 0 Å². The number of nitrogens with zero attached hydrogens (tertiary/aromatic N) is 4. The van der Waals surface area contributed by atoms with Crippen LogP contribution in [0.15, 0.2) is 36.5 Å². The zero-order chi connectivity index (χ0) is 19.4. The highest BCUT2D eigenvalue weighted by atomic mass is 16.2. The minimum Gasteiger partial charge on any atom is -0.369 e. The van der Waals surface area contributed by atoms with E-state index in [4.69, 9.17) is 0 Å². The lowest BCUT2D eigenvalue weighted by atomic mass is 10.1. The van der Waals surface area contributed by atoms with E-state index >= 15 is 0 Å². The summed E-state index contributed by atoms with van der Waals surface area (Å²) in [5.74, 6) is 0.798. The summed E-state index contributed by atoms with van der Waals surface area (Å²) in [7, 11) is 0. The zero-order valence-corrected chi connectivity index (χ0v) is 16.2. The summed E-state index contributed by atoms with van der Waals surface area (Å²) in [6, 6.07) is 9.75. The van der Waals surface area contributed by atoms with Gasteiger partial charge in [0.1, 0.15) is 5.82 Å². The number of rotatable bonds is 6. The molecule has 1 saturated heterocycles. The molecule has 1 fully saturated rings. The Balaban J connectivity index is 1.49. The number of piperazine rings is 1. The van der Waals surface area contributed by atoms with Gasteiger partial charge in [0.15, 0.2) is 5.78 Å². The SMILES string of the molecule is CC(=O)c1ccc(N2CCN(CC(=O)Nc3ccnn3C(C)C)CC2)cc1. The Morgan fingerprint density at radius 2 is 1.74 bits per heavy atom. The topological polar surface area (TPSA) is 70.5 Å². The van der Waals surface area contributed by atoms with Gasteiger partial charge in [-0.15, -0.1) is 0 Å². The Labute approximate surface area is 159 Å². The highest BCUT2D eigenvalue weighted by Crippen LogP contribution is 2.18. The van der Waals surface area contributed by atoms with Gasteiger partial charge in [0.25, 0.3) is 0 Å². The van der Waals surface area contributed by atoms with E-state index in [1.165, 1.54) is 0 Å². The first kappa shape index (κ1) is 19.1. The number of ketones is 1. The monoisotopic (exact) mass is 369 g/mol. The highest BCUT2D eigenvalue weighted by molar-refractivity contribution is 5.94. The van der Waals surface area contributed by atoms with Crippen LogP contribution >= 0.6 is 0 Å². The number of Topliss-reactive ketones (excluding diaryl/α,β-unsaturated/α-hetero) is 1. The van der Waals surface area contributed by atoms with Crippen LogP contribution in [-0.4, -0.2) is 59.1 Å². The predicted molar refractivity (Wildman–Crippen MR) is 106 cm³/mol. The van der Waals surface area contributed by atoms with Gasteiger partial charge >= 0.3 is 0 Å². The van der Waals surface area contributed by atoms with Crippen LogP contribution in [0, 0.1) is 0 Å². The van der Waals surface area contributed by atoms with Crippen LogP contribution in [0.1, 0.15) is 37.2 Å². The highest BCUT2D eigenvalue weighted by Gasteiger charge is 2.20. The number of carbonyl (C=O) groups excluding carboxylic acids is 2. The molecule has 0 atom stereocenters. The summed E-state index contributed by atoms with van der Waals surface area (Å²) in [6.07, 6.45) is 1.70. The Bertz CT molecular complexity index is 789. The lowest BCUT2D eigenvalue weighted by molar-refractivity contribution is -0.117. The first-order valence-corrected chi connectivity index (χ1v) is 9.35. The summed E-state index contributed by atoms with van der Waals surface area (Å²) in [6.45, 7) is 9.38. The molecule has 3 rings (SSSR count). The quantitative estimate of drug-likeness (QED) is 0.792. The second-order valence-corrected chi connectivity index (χ2v) is 7.17. The van der Waals surface area contributed by atoms with Crippen LogP contribution < -0.4 is 10.2 Å². The number of benzene rings is 1. The van der Waals surface area contributed by atoms with Gasteiger partial charge < -0.3 is 10.2 Å². The van der Waals surface area contributed by atoms with Crippen LogP contribution in [0.4, 0.5) is 11.5 Å². The van der Waals surface area contributed by atoms with Crippen molar-refractivity contribution in [2.75, 3.05) is 42.9 Å². The van der Waals surface area contributed by atoms with Gasteiger partial charge in [-0.3, -0.25) is 14.5 Å². The van der Waals surface area contributed by atoms with Crippen molar-refractivity contribution in [3.8, 4) is 0 Å². The molecule has 0 saturated carbocycles. The molecule has 0 spiro atoms. The molecule has 0 aliphatic carbocycles. The predicted octanol–water partition coefficient (Wildman–Crippen LogP) is 2.43. The summed E-state index contributed by atoms with van der Waals surface area (Å²) in [5.41, 5.74) is 1.85. The van der Waals surface area contributed by atoms with Gasteiger partial charge in [-0.05, 0) is 45.0 Å². The van der Waals surface area contributed by atoms with Crippen LogP contribution in [0.25, 0.3) is 0 Å². The molecule has 0 bridgehead atoms. The van der Waals surface area contributed by atoms with E-state index in [1.54, 1.807) is 17.8 Å². The smallest absolute Gasteiger partial charge is 0.239 e. The van der Waals surface area contributed by atoms with Crippen molar-refractivity contribution >= 4 is 23.2 Å². The van der Waals surface area contributed by atoms with Gasteiger partial charge in [-0.2, -0.15) is 5.10 Å². The van der Waals surface area contributed by atoms with Crippen LogP contribution in [0.2, 0.25) is 0 Å². The second kappa shape index (κ2) is 8.35. The van der Waals surface area contributed by atoms with E-state index in [1.807, 2.05) is 44.2 Å². The summed E-state index contributed by atoms with van der Waals surface area (Å²) < 4.78 is 1.81. The third-order valence-electron chi connectivity index (χ3n) is 4.81. The zero-order valence-electron chi connectivity index (χ0n) is 16.2. The van der Waals surface area contributed by atoms with Gasteiger partial charge in [0.2, 0.25) is 5.91 Å². The fraction of sp³-hybridized carbons (Fsp3) is 0.450. The van der Waals surface area contributed by atoms with E-state index in [0.29, 0.717) is 6.54 Å². The van der Waals surface area contributed by atoms with Crippen molar-refractivity contribution in [1.82, 2.24) is 14.7 Å². The molecule has 1 aliphatic rings. The number of amides is 1. The van der Waals surface area contributed by atoms with Crippen molar-refractivity contribution in [3.63, 3.8) is 0 Å². The minimum atomic E-state index is -0.0170. The Hall–Kier alpha value is -2.67. The molecule has 1 aliphatic heterocycles. The van der Waals surface area contributed by atoms with Gasteiger partial charge in [-0.25, -0.2) is 4.68 Å². The molecule has 1 amide bonds. The lowest BCUT2D eigenvalue weighted by Crippen LogP contribution is -2.48. The average molecular weight is 369 g/mol. The molecule has 7 heteroatoms. The average Bonchev–Trinajstić information content (AvgIpc) is 3.10. The molecule has 144 valence electrons. The first-order valence-electron chi connectivity index (χ1n) is 9.35. The maximum atomic E-state index is 12.4. The van der Waals surface area contributed by atoms with Gasteiger partial charge in [-0.1, -0.05) is 0 Å². The third-order valence-corrected chi connectivity index (χ3v) is 4.81. The summed E-state index contributed by atoms with van der Waals surface area (Å²) in [5, 5.41) is 7.19. The largest absolute Gasteiger partial charge is 0.369 e. The first-order chi connectivity index (χ1) is 12.9. The standard InChI is InChI=1S/C20H27N5O2/c1-15(2)25-19(8-9-21-25)22-20(27)14-23-10-12-24(13-11-23)18-6-4-17(5-7-18)16(3)26/h4-9,15H,10-14H2,1-3H3,(H,22,27). The molecule has 27 heavy (non-hydrogen) atoms. The Kier molecular flexibility index (Phi) is 5.91. The molecule has 0 unspecified atom stereocenters. The summed E-state index contributed by atoms with van der Waals surface area (Å²) in [4.78, 5) is 28.2. The maximum absolute atomic E-state index is 12.4. The van der Waals surface area contributed by atoms with Crippen molar-refractivity contribution in [2.24, 2.45) is 0 Å². The maximum Gasteiger partial charge on any atom is 0.239 e. The van der Waals surface area contributed by atoms with E-state index in [0.717, 1.165) is 43.2 Å². The van der Waals surface area contributed by atoms with Crippen molar-refractivity contribution in [1.29, 1.82) is 0 Å². The van der Waals surface area contributed by atoms with E-state index in [2.05, 4.69) is 20.2 Å². The lowest BCUT2D eigenvalue weighted by Gasteiger charge is -2.35. The summed E-state index contributed by atoms with van der Waals surface area (Å²) >= 11 is 0. The number of nitrogens with one attached hydrogen (secondary N) is 1. The fourth-order valence-electron chi connectivity index (χ4n) is 3.28. The van der Waals surface area contributed by atoms with E-state index in [-0.39, 0.29) is 17.7 Å². The molecule has 0 radical (unpaired) electrons. The molecule has 2 heterocycles. The molecular weight excluding hydrogens is 342 g/mol. The Morgan fingerprint density at radius 1 is 1.07 bits per heavy atom. The number of anilines is 2. The molecule has 1 aromatic carbocycles. The molecule has 1 N–H and O–H groups in total. The van der Waals surface area contributed by atoms with Crippen LogP contribution in [0.3, 0.4) is 0 Å². The molecule has 1 aromatic heterocycles. The van der Waals surface area contributed by atoms with Gasteiger partial charge in [0.05, 0.1) is 12.7 Å². The van der Waals surface area contributed by atoms with Crippen molar-refractivity contribution in [2.45, 2.75) is 26.8 Å². The normalized spacial score (nSPS) is 15.2. The third kappa shape index (κ3) is 4.74. The number of aromatic nitrogens is 2. The van der Waals surface area contributed by atoms with E-state index in [9.17, 15) is 9.59 Å². The minimum absolute atomic E-state index is 0.0170. The van der Waals surface area contributed by atoms with Crippen LogP contribution in [0.5, 0.6) is 0 Å². The number of hydrogen-bond acceptors (Lipinski definition) is 5. The fourth-order valence-corrected chi connectivity index (χ4v) is 3.28. The Morgan fingerprint density at radius 3 is 2.33 bits per heavy atom. The molecule has 2 aromatic rings. The van der Waals surface area contributed by atoms with Crippen LogP contribution in [-0.2, 0) is 4.79 Å². The molecular formula is C20H27N5O2.